The van der Waals surface area contributed by atoms with Crippen LogP contribution in [-0.2, 0) is 19.6 Å². The number of methoxy groups -OCH3 is 2. The number of carbonyl (C=O) groups excluding carboxylic acids is 1. The topological polar surface area (TPSA) is 82.1 Å². The summed E-state index contributed by atoms with van der Waals surface area (Å²) in [6.45, 7) is 1.25. The van der Waals surface area contributed by atoms with E-state index in [0.717, 1.165) is 15.6 Å². The van der Waals surface area contributed by atoms with Crippen LogP contribution in [0.1, 0.15) is 6.92 Å². The first-order chi connectivity index (χ1) is 12.3. The molecule has 1 aromatic carbocycles. The number of benzene rings is 1. The van der Waals surface area contributed by atoms with E-state index < -0.39 is 22.5 Å². The van der Waals surface area contributed by atoms with E-state index in [1.54, 1.807) is 18.4 Å². The normalized spacial score (nSPS) is 11.1. The van der Waals surface area contributed by atoms with Crippen molar-refractivity contribution in [2.24, 2.45) is 0 Å². The minimum atomic E-state index is -4.02. The molecule has 26 heavy (non-hydrogen) atoms. The Bertz CT molecular complexity index is 867. The van der Waals surface area contributed by atoms with Crippen LogP contribution in [0.3, 0.4) is 0 Å². The number of rotatable bonds is 8. The Morgan fingerprint density at radius 3 is 2.46 bits per heavy atom. The first-order valence-corrected chi connectivity index (χ1v) is 10.2. The van der Waals surface area contributed by atoms with Crippen LogP contribution in [0.5, 0.6) is 11.5 Å². The summed E-state index contributed by atoms with van der Waals surface area (Å²) in [6, 6.07) is 5.90. The van der Waals surface area contributed by atoms with Crippen molar-refractivity contribution >= 4 is 44.6 Å². The zero-order chi connectivity index (χ0) is 19.3. The van der Waals surface area contributed by atoms with E-state index in [0.29, 0.717) is 0 Å². The van der Waals surface area contributed by atoms with Crippen LogP contribution in [0.4, 0.5) is 5.69 Å². The number of hydrogen-bond acceptors (Lipinski definition) is 7. The number of halogens is 1. The summed E-state index contributed by atoms with van der Waals surface area (Å²) in [5, 5.41) is 1.88. The van der Waals surface area contributed by atoms with Gasteiger partial charge in [0.15, 0.2) is 0 Å². The first-order valence-electron chi connectivity index (χ1n) is 7.48. The number of sulfonamides is 1. The molecule has 0 aliphatic carbocycles. The summed E-state index contributed by atoms with van der Waals surface area (Å²) in [6.07, 6.45) is 0. The third kappa shape index (κ3) is 4.22. The van der Waals surface area contributed by atoms with Crippen LogP contribution >= 0.6 is 22.9 Å². The van der Waals surface area contributed by atoms with Crippen molar-refractivity contribution in [3.05, 3.63) is 34.7 Å². The van der Waals surface area contributed by atoms with Crippen molar-refractivity contribution in [2.75, 3.05) is 31.7 Å². The summed E-state index contributed by atoms with van der Waals surface area (Å²) < 4.78 is 42.5. The Morgan fingerprint density at radius 1 is 1.23 bits per heavy atom. The highest BCUT2D eigenvalue weighted by Gasteiger charge is 2.31. The summed E-state index contributed by atoms with van der Waals surface area (Å²) >= 11 is 7.13. The molecule has 10 heteroatoms. The molecule has 0 N–H and O–H groups in total. The zero-order valence-electron chi connectivity index (χ0n) is 14.4. The Hall–Kier alpha value is -1.97. The van der Waals surface area contributed by atoms with Gasteiger partial charge in [0.05, 0.1) is 31.5 Å². The second-order valence-corrected chi connectivity index (χ2v) is 8.35. The van der Waals surface area contributed by atoms with Gasteiger partial charge < -0.3 is 14.2 Å². The lowest BCUT2D eigenvalue weighted by Crippen LogP contribution is -2.36. The van der Waals surface area contributed by atoms with Crippen molar-refractivity contribution in [3.63, 3.8) is 0 Å². The summed E-state index contributed by atoms with van der Waals surface area (Å²) in [4.78, 5) is 12.0. The molecule has 0 spiro atoms. The molecule has 2 rings (SSSR count). The van der Waals surface area contributed by atoms with E-state index >= 15 is 0 Å². The van der Waals surface area contributed by atoms with Gasteiger partial charge in [-0.1, -0.05) is 17.7 Å². The van der Waals surface area contributed by atoms with Gasteiger partial charge in [-0.15, -0.1) is 11.3 Å². The van der Waals surface area contributed by atoms with Crippen LogP contribution in [0.2, 0.25) is 5.02 Å². The zero-order valence-corrected chi connectivity index (χ0v) is 16.8. The molecule has 0 bridgehead atoms. The van der Waals surface area contributed by atoms with E-state index in [-0.39, 0.29) is 33.0 Å². The van der Waals surface area contributed by atoms with Crippen molar-refractivity contribution in [1.82, 2.24) is 0 Å². The molecule has 0 saturated heterocycles. The van der Waals surface area contributed by atoms with Gasteiger partial charge in [-0.2, -0.15) is 0 Å². The van der Waals surface area contributed by atoms with E-state index in [4.69, 9.17) is 25.8 Å². The molecule has 0 aliphatic rings. The van der Waals surface area contributed by atoms with Gasteiger partial charge in [0.25, 0.3) is 10.0 Å². The fourth-order valence-electron chi connectivity index (χ4n) is 2.18. The summed E-state index contributed by atoms with van der Waals surface area (Å²) in [7, 11) is -1.24. The quantitative estimate of drug-likeness (QED) is 0.611. The summed E-state index contributed by atoms with van der Waals surface area (Å²) in [5.41, 5.74) is 0.121. The second kappa shape index (κ2) is 8.61. The van der Waals surface area contributed by atoms with Crippen molar-refractivity contribution < 1.29 is 27.4 Å². The average Bonchev–Trinajstić information content (AvgIpc) is 3.15. The standard InChI is InChI=1S/C16H18ClNO6S2/c1-4-24-15(19)10-18(26(20,21)16-6-5-7-25-16)12-9-13(22-2)11(17)8-14(12)23-3/h5-9H,4,10H2,1-3H3. The van der Waals surface area contributed by atoms with Gasteiger partial charge in [0.2, 0.25) is 0 Å². The molecule has 1 aromatic heterocycles. The van der Waals surface area contributed by atoms with Crippen LogP contribution in [0, 0.1) is 0 Å². The van der Waals surface area contributed by atoms with Crippen molar-refractivity contribution in [2.45, 2.75) is 11.1 Å². The maximum Gasteiger partial charge on any atom is 0.326 e. The molecule has 0 amide bonds. The van der Waals surface area contributed by atoms with Crippen molar-refractivity contribution in [3.8, 4) is 11.5 Å². The molecular weight excluding hydrogens is 402 g/mol. The number of esters is 1. The highest BCUT2D eigenvalue weighted by Crippen LogP contribution is 2.40. The Balaban J connectivity index is 2.63. The molecule has 0 fully saturated rings. The molecule has 2 aromatic rings. The number of carbonyl (C=O) groups is 1. The van der Waals surface area contributed by atoms with Crippen LogP contribution in [-0.4, -0.2) is 41.8 Å². The highest BCUT2D eigenvalue weighted by atomic mass is 35.5. The molecular formula is C16H18ClNO6S2. The van der Waals surface area contributed by atoms with E-state index in [1.165, 1.54) is 32.4 Å². The molecule has 0 aliphatic heterocycles. The third-order valence-corrected chi connectivity index (χ3v) is 6.77. The molecule has 7 nitrogen and oxygen atoms in total. The maximum absolute atomic E-state index is 13.1. The van der Waals surface area contributed by atoms with E-state index in [2.05, 4.69) is 0 Å². The molecule has 1 heterocycles. The average molecular weight is 420 g/mol. The van der Waals surface area contributed by atoms with E-state index in [9.17, 15) is 13.2 Å². The molecule has 142 valence electrons. The predicted molar refractivity (Wildman–Crippen MR) is 100 cm³/mol. The number of hydrogen-bond donors (Lipinski definition) is 0. The first kappa shape index (κ1) is 20.3. The number of nitrogens with zero attached hydrogens (tertiary/aromatic N) is 1. The lowest BCUT2D eigenvalue weighted by atomic mass is 10.2. The SMILES string of the molecule is CCOC(=O)CN(c1cc(OC)c(Cl)cc1OC)S(=O)(=O)c1cccs1. The third-order valence-electron chi connectivity index (χ3n) is 3.34. The monoisotopic (exact) mass is 419 g/mol. The number of thiophene rings is 1. The van der Waals surface area contributed by atoms with Crippen LogP contribution in [0.25, 0.3) is 0 Å². The summed E-state index contributed by atoms with van der Waals surface area (Å²) in [5.74, 6) is -0.262. The van der Waals surface area contributed by atoms with Gasteiger partial charge in [-0.25, -0.2) is 8.42 Å². The lowest BCUT2D eigenvalue weighted by Gasteiger charge is -2.25. The fraction of sp³-hybridized carbons (Fsp3) is 0.312. The molecule has 0 atom stereocenters. The molecule has 0 unspecified atom stereocenters. The Morgan fingerprint density at radius 2 is 1.92 bits per heavy atom. The lowest BCUT2D eigenvalue weighted by molar-refractivity contribution is -0.141. The van der Waals surface area contributed by atoms with E-state index in [1.807, 2.05) is 0 Å². The van der Waals surface area contributed by atoms with Crippen LogP contribution < -0.4 is 13.8 Å². The highest BCUT2D eigenvalue weighted by molar-refractivity contribution is 7.94. The Labute approximate surface area is 161 Å². The largest absolute Gasteiger partial charge is 0.495 e. The van der Waals surface area contributed by atoms with Gasteiger partial charge in [0.1, 0.15) is 22.3 Å². The van der Waals surface area contributed by atoms with Gasteiger partial charge in [0, 0.05) is 12.1 Å². The smallest absolute Gasteiger partial charge is 0.326 e. The van der Waals surface area contributed by atoms with Crippen LogP contribution in [0.15, 0.2) is 33.9 Å². The predicted octanol–water partition coefficient (Wildman–Crippen LogP) is 3.18. The minimum absolute atomic E-state index is 0.0813. The minimum Gasteiger partial charge on any atom is -0.495 e. The molecule has 0 radical (unpaired) electrons. The van der Waals surface area contributed by atoms with Crippen molar-refractivity contribution in [1.29, 1.82) is 0 Å². The number of ether oxygens (including phenoxy) is 3. The number of anilines is 1. The van der Waals surface area contributed by atoms with Gasteiger partial charge in [-0.3, -0.25) is 9.10 Å². The second-order valence-electron chi connectivity index (χ2n) is 4.91. The van der Waals surface area contributed by atoms with Gasteiger partial charge >= 0.3 is 5.97 Å². The maximum atomic E-state index is 13.1. The fourth-order valence-corrected chi connectivity index (χ4v) is 4.93. The molecule has 0 saturated carbocycles. The Kier molecular flexibility index (Phi) is 6.74. The van der Waals surface area contributed by atoms with Gasteiger partial charge in [-0.05, 0) is 18.4 Å².